The van der Waals surface area contributed by atoms with Crippen LogP contribution in [0.4, 0.5) is 18.0 Å². The maximum Gasteiger partial charge on any atom is 0.449 e. The van der Waals surface area contributed by atoms with Crippen molar-refractivity contribution in [3.8, 4) is 0 Å². The van der Waals surface area contributed by atoms with Gasteiger partial charge < -0.3 is 9.64 Å². The summed E-state index contributed by atoms with van der Waals surface area (Å²) in [6.45, 7) is 7.64. The second-order valence-corrected chi connectivity index (χ2v) is 6.58. The van der Waals surface area contributed by atoms with Crippen LogP contribution in [0.5, 0.6) is 0 Å². The zero-order chi connectivity index (χ0) is 16.4. The third-order valence-electron chi connectivity index (χ3n) is 3.50. The van der Waals surface area contributed by atoms with Gasteiger partial charge in [0.15, 0.2) is 0 Å². The average Bonchev–Trinajstić information content (AvgIpc) is 2.28. The lowest BCUT2D eigenvalue weighted by molar-refractivity contribution is -0.172. The van der Waals surface area contributed by atoms with Gasteiger partial charge in [0.2, 0.25) is 5.78 Å². The van der Waals surface area contributed by atoms with E-state index in [1.807, 2.05) is 0 Å². The number of halogens is 3. The van der Waals surface area contributed by atoms with Crippen LogP contribution in [0.15, 0.2) is 0 Å². The van der Waals surface area contributed by atoms with E-state index in [-0.39, 0.29) is 11.8 Å². The van der Waals surface area contributed by atoms with Crippen molar-refractivity contribution in [1.82, 2.24) is 4.90 Å². The second-order valence-electron chi connectivity index (χ2n) is 6.58. The second kappa shape index (κ2) is 6.23. The smallest absolute Gasteiger partial charge is 0.444 e. The van der Waals surface area contributed by atoms with Crippen molar-refractivity contribution in [3.05, 3.63) is 0 Å². The third-order valence-corrected chi connectivity index (χ3v) is 3.50. The van der Waals surface area contributed by atoms with Gasteiger partial charge >= 0.3 is 12.3 Å². The highest BCUT2D eigenvalue weighted by Gasteiger charge is 2.41. The van der Waals surface area contributed by atoms with Crippen LogP contribution in [0.2, 0.25) is 0 Å². The Balaban J connectivity index is 2.55. The van der Waals surface area contributed by atoms with E-state index in [9.17, 15) is 22.8 Å². The Morgan fingerprint density at radius 2 is 1.81 bits per heavy atom. The summed E-state index contributed by atoms with van der Waals surface area (Å²) in [7, 11) is 0. The Morgan fingerprint density at radius 3 is 2.24 bits per heavy atom. The standard InChI is InChI=1S/C14H22F3NO3/c1-9-8-18(12(20)21-13(2,3)4)6-5-10(9)7-11(19)14(15,16)17/h9-10H,5-8H2,1-4H3. The first-order valence-corrected chi connectivity index (χ1v) is 6.98. The van der Waals surface area contributed by atoms with E-state index in [1.165, 1.54) is 4.90 Å². The van der Waals surface area contributed by atoms with Crippen LogP contribution in [-0.4, -0.2) is 41.6 Å². The number of hydrogen-bond donors (Lipinski definition) is 0. The van der Waals surface area contributed by atoms with Crippen LogP contribution in [-0.2, 0) is 9.53 Å². The van der Waals surface area contributed by atoms with Gasteiger partial charge in [0.25, 0.3) is 0 Å². The molecule has 1 saturated heterocycles. The lowest BCUT2D eigenvalue weighted by atomic mass is 9.83. The van der Waals surface area contributed by atoms with Crippen molar-refractivity contribution in [1.29, 1.82) is 0 Å². The number of carbonyl (C=O) groups is 2. The van der Waals surface area contributed by atoms with Gasteiger partial charge in [0.1, 0.15) is 5.60 Å². The number of carbonyl (C=O) groups excluding carboxylic acids is 2. The minimum absolute atomic E-state index is 0.169. The molecule has 1 fully saturated rings. The summed E-state index contributed by atoms with van der Waals surface area (Å²) in [6, 6.07) is 0. The monoisotopic (exact) mass is 309 g/mol. The fourth-order valence-corrected chi connectivity index (χ4v) is 2.34. The highest BCUT2D eigenvalue weighted by Crippen LogP contribution is 2.30. The molecule has 1 heterocycles. The molecule has 0 spiro atoms. The summed E-state index contributed by atoms with van der Waals surface area (Å²) >= 11 is 0. The molecule has 0 aromatic carbocycles. The summed E-state index contributed by atoms with van der Waals surface area (Å²) in [4.78, 5) is 24.4. The summed E-state index contributed by atoms with van der Waals surface area (Å²) < 4.78 is 42.1. The number of piperidine rings is 1. The summed E-state index contributed by atoms with van der Waals surface area (Å²) in [5, 5.41) is 0. The van der Waals surface area contributed by atoms with Gasteiger partial charge in [-0.05, 0) is 39.0 Å². The molecule has 1 aliphatic rings. The number of likely N-dealkylation sites (tertiary alicyclic amines) is 1. The van der Waals surface area contributed by atoms with E-state index < -0.39 is 30.1 Å². The SMILES string of the molecule is CC1CN(C(=O)OC(C)(C)C)CCC1CC(=O)C(F)(F)F. The molecule has 2 atom stereocenters. The molecular formula is C14H22F3NO3. The molecule has 0 N–H and O–H groups in total. The van der Waals surface area contributed by atoms with Crippen molar-refractivity contribution < 1.29 is 27.5 Å². The highest BCUT2D eigenvalue weighted by molar-refractivity contribution is 5.84. The molecule has 0 radical (unpaired) electrons. The van der Waals surface area contributed by atoms with Gasteiger partial charge in [-0.3, -0.25) is 4.79 Å². The van der Waals surface area contributed by atoms with Gasteiger partial charge in [-0.1, -0.05) is 6.92 Å². The lowest BCUT2D eigenvalue weighted by Crippen LogP contribution is -2.46. The predicted octanol–water partition coefficient (Wildman–Crippen LogP) is 3.40. The number of Topliss-reactive ketones (excluding diaryl/α,β-unsaturated/α-hetero) is 1. The third kappa shape index (κ3) is 5.55. The normalized spacial score (nSPS) is 23.9. The number of ketones is 1. The van der Waals surface area contributed by atoms with Crippen LogP contribution in [0, 0.1) is 11.8 Å². The molecule has 1 aliphatic heterocycles. The Morgan fingerprint density at radius 1 is 1.24 bits per heavy atom. The molecule has 0 bridgehead atoms. The minimum Gasteiger partial charge on any atom is -0.444 e. The van der Waals surface area contributed by atoms with E-state index in [4.69, 9.17) is 4.74 Å². The lowest BCUT2D eigenvalue weighted by Gasteiger charge is -2.37. The first kappa shape index (κ1) is 17.8. The van der Waals surface area contributed by atoms with Crippen molar-refractivity contribution in [2.24, 2.45) is 11.8 Å². The Kier molecular flexibility index (Phi) is 5.28. The quantitative estimate of drug-likeness (QED) is 0.785. The molecule has 21 heavy (non-hydrogen) atoms. The van der Waals surface area contributed by atoms with E-state index in [0.29, 0.717) is 19.5 Å². The molecule has 2 unspecified atom stereocenters. The maximum atomic E-state index is 12.3. The molecule has 4 nitrogen and oxygen atoms in total. The van der Waals surface area contributed by atoms with Crippen LogP contribution >= 0.6 is 0 Å². The molecule has 1 amide bonds. The number of rotatable bonds is 2. The Bertz CT molecular complexity index is 401. The molecule has 122 valence electrons. The van der Waals surface area contributed by atoms with E-state index in [0.717, 1.165) is 0 Å². The number of amides is 1. The predicted molar refractivity (Wildman–Crippen MR) is 70.8 cm³/mol. The first-order chi connectivity index (χ1) is 9.40. The van der Waals surface area contributed by atoms with Gasteiger partial charge in [-0.2, -0.15) is 13.2 Å². The van der Waals surface area contributed by atoms with Crippen LogP contribution in [0.25, 0.3) is 0 Å². The highest BCUT2D eigenvalue weighted by atomic mass is 19.4. The van der Waals surface area contributed by atoms with Gasteiger partial charge in [-0.15, -0.1) is 0 Å². The van der Waals surface area contributed by atoms with E-state index in [2.05, 4.69) is 0 Å². The van der Waals surface area contributed by atoms with Gasteiger partial charge in [0.05, 0.1) is 0 Å². The van der Waals surface area contributed by atoms with Crippen LogP contribution in [0.1, 0.15) is 40.5 Å². The molecule has 1 rings (SSSR count). The molecule has 0 aromatic rings. The molecule has 0 aliphatic carbocycles. The fraction of sp³-hybridized carbons (Fsp3) is 0.857. The fourth-order valence-electron chi connectivity index (χ4n) is 2.34. The number of alkyl halides is 3. The van der Waals surface area contributed by atoms with Gasteiger partial charge in [0, 0.05) is 19.5 Å². The molecule has 0 aromatic heterocycles. The largest absolute Gasteiger partial charge is 0.449 e. The van der Waals surface area contributed by atoms with Crippen LogP contribution in [0.3, 0.4) is 0 Å². The maximum absolute atomic E-state index is 12.3. The Hall–Kier alpha value is -1.27. The number of ether oxygens (including phenoxy) is 1. The van der Waals surface area contributed by atoms with Crippen molar-refractivity contribution in [3.63, 3.8) is 0 Å². The van der Waals surface area contributed by atoms with Crippen LogP contribution < -0.4 is 0 Å². The number of hydrogen-bond acceptors (Lipinski definition) is 3. The average molecular weight is 309 g/mol. The van der Waals surface area contributed by atoms with E-state index >= 15 is 0 Å². The minimum atomic E-state index is -4.78. The van der Waals surface area contributed by atoms with Crippen molar-refractivity contribution in [2.45, 2.75) is 52.3 Å². The topological polar surface area (TPSA) is 46.6 Å². The summed E-state index contributed by atoms with van der Waals surface area (Å²) in [5.41, 5.74) is -0.608. The molecule has 7 heteroatoms. The zero-order valence-corrected chi connectivity index (χ0v) is 12.8. The summed E-state index contributed by atoms with van der Waals surface area (Å²) in [6.07, 6.45) is -5.37. The zero-order valence-electron chi connectivity index (χ0n) is 12.8. The summed E-state index contributed by atoms with van der Waals surface area (Å²) in [5.74, 6) is -2.21. The number of nitrogens with zero attached hydrogens (tertiary/aromatic N) is 1. The molecular weight excluding hydrogens is 287 g/mol. The van der Waals surface area contributed by atoms with Gasteiger partial charge in [-0.25, -0.2) is 4.79 Å². The Labute approximate surface area is 122 Å². The van der Waals surface area contributed by atoms with Crippen molar-refractivity contribution in [2.75, 3.05) is 13.1 Å². The van der Waals surface area contributed by atoms with Crippen molar-refractivity contribution >= 4 is 11.9 Å². The first-order valence-electron chi connectivity index (χ1n) is 6.98. The molecule has 0 saturated carbocycles. The van der Waals surface area contributed by atoms with E-state index in [1.54, 1.807) is 27.7 Å².